The predicted octanol–water partition coefficient (Wildman–Crippen LogP) is 10.1. The average Bonchev–Trinajstić information content (AvgIpc) is 3.02. The third kappa shape index (κ3) is 40.5. The molecule has 0 aromatic carbocycles. The quantitative estimate of drug-likeness (QED) is 0.0281. The molecule has 0 rings (SSSR count). The number of hydrogen-bond donors (Lipinski definition) is 5. The molecule has 0 fully saturated rings. The van der Waals surface area contributed by atoms with Crippen molar-refractivity contribution in [2.75, 3.05) is 0 Å². The Labute approximate surface area is 278 Å². The molecule has 0 saturated carbocycles. The summed E-state index contributed by atoms with van der Waals surface area (Å²) < 4.78 is 0. The van der Waals surface area contributed by atoms with Gasteiger partial charge in [0.05, 0.1) is 0 Å². The van der Waals surface area contributed by atoms with E-state index in [1.54, 1.807) is 0 Å². The summed E-state index contributed by atoms with van der Waals surface area (Å²) in [5.74, 6) is -4.47. The Morgan fingerprint density at radius 1 is 0.533 bits per heavy atom. The van der Waals surface area contributed by atoms with Crippen molar-refractivity contribution in [3.05, 3.63) is 13.2 Å². The Bertz CT molecular complexity index is 613. The molecule has 0 heterocycles. The minimum atomic E-state index is -2.32. The van der Waals surface area contributed by atoms with Crippen LogP contribution in [0.4, 0.5) is 0 Å². The third-order valence-electron chi connectivity index (χ3n) is 8.39. The Kier molecular flexibility index (Phi) is 41.3. The number of carbonyl (C=O) groups excluding carboxylic acids is 1. The van der Waals surface area contributed by atoms with Crippen LogP contribution in [0.1, 0.15) is 206 Å². The van der Waals surface area contributed by atoms with Crippen LogP contribution in [0.5, 0.6) is 0 Å². The van der Waals surface area contributed by atoms with E-state index in [-0.39, 0.29) is 6.42 Å². The van der Waals surface area contributed by atoms with Crippen LogP contribution in [-0.4, -0.2) is 44.2 Å². The van der Waals surface area contributed by atoms with Crippen molar-refractivity contribution in [3.8, 4) is 0 Å². The molecule has 0 radical (unpaired) electrons. The summed E-state index contributed by atoms with van der Waals surface area (Å²) in [6.07, 6.45) is 34.7. The SMILES string of the molecule is C=C.CCCCCCCCCCCCCCCCC(O)(O)C(N)=O.CCCCCCCCCCCCCCCCC(O)C(=O)O. The van der Waals surface area contributed by atoms with Gasteiger partial charge in [-0.25, -0.2) is 4.79 Å². The minimum absolute atomic E-state index is 0.0420. The molecular formula is C38H77NO6. The largest absolute Gasteiger partial charge is 0.479 e. The molecule has 7 nitrogen and oxygen atoms in total. The molecule has 0 bridgehead atoms. The first-order chi connectivity index (χ1) is 21.7. The lowest BCUT2D eigenvalue weighted by molar-refractivity contribution is -0.184. The maximum Gasteiger partial charge on any atom is 0.332 e. The standard InChI is InChI=1S/C18H37NO3.C18H36O3.C2H4/c1-2-3-4-5-6-7-8-9-10-11-12-13-14-15-16-18(21,22)17(19)20;1-2-3-4-5-6-7-8-9-10-11-12-13-14-15-16-17(19)18(20)21;1-2/h21-22H,2-16H2,1H3,(H2,19,20);17,19H,2-16H2,1H3,(H,20,21);1-2H2. The number of nitrogens with two attached hydrogens (primary N) is 1. The summed E-state index contributed by atoms with van der Waals surface area (Å²) in [5.41, 5.74) is 4.89. The second-order valence-electron chi connectivity index (χ2n) is 12.8. The van der Waals surface area contributed by atoms with Crippen molar-refractivity contribution in [1.82, 2.24) is 0 Å². The van der Waals surface area contributed by atoms with Crippen LogP contribution < -0.4 is 5.73 Å². The maximum absolute atomic E-state index is 10.7. The zero-order valence-corrected chi connectivity index (χ0v) is 29.9. The van der Waals surface area contributed by atoms with Gasteiger partial charge in [0, 0.05) is 6.42 Å². The average molecular weight is 644 g/mol. The number of aliphatic hydroxyl groups is 3. The first kappa shape index (κ1) is 48.0. The summed E-state index contributed by atoms with van der Waals surface area (Å²) in [6.45, 7) is 10.5. The van der Waals surface area contributed by atoms with E-state index in [9.17, 15) is 19.8 Å². The Hall–Kier alpha value is -1.44. The van der Waals surface area contributed by atoms with Crippen LogP contribution in [0.2, 0.25) is 0 Å². The minimum Gasteiger partial charge on any atom is -0.479 e. The van der Waals surface area contributed by atoms with Gasteiger partial charge in [-0.3, -0.25) is 4.79 Å². The van der Waals surface area contributed by atoms with E-state index in [1.807, 2.05) is 0 Å². The molecule has 45 heavy (non-hydrogen) atoms. The van der Waals surface area contributed by atoms with E-state index in [1.165, 1.54) is 148 Å². The molecule has 270 valence electrons. The van der Waals surface area contributed by atoms with E-state index in [2.05, 4.69) is 27.0 Å². The molecule has 0 spiro atoms. The monoisotopic (exact) mass is 644 g/mol. The first-order valence-electron chi connectivity index (χ1n) is 18.8. The molecule has 0 aliphatic heterocycles. The molecule has 0 saturated heterocycles. The van der Waals surface area contributed by atoms with E-state index >= 15 is 0 Å². The second-order valence-corrected chi connectivity index (χ2v) is 12.8. The number of primary amides is 1. The van der Waals surface area contributed by atoms with Crippen LogP contribution >= 0.6 is 0 Å². The van der Waals surface area contributed by atoms with E-state index in [4.69, 9.17) is 15.9 Å². The Balaban J connectivity index is -0.000000743. The topological polar surface area (TPSA) is 141 Å². The number of carbonyl (C=O) groups is 2. The van der Waals surface area contributed by atoms with Crippen LogP contribution in [0.25, 0.3) is 0 Å². The fourth-order valence-corrected chi connectivity index (χ4v) is 5.34. The molecular weight excluding hydrogens is 566 g/mol. The lowest BCUT2D eigenvalue weighted by atomic mass is 10.0. The van der Waals surface area contributed by atoms with Gasteiger partial charge >= 0.3 is 5.97 Å². The third-order valence-corrected chi connectivity index (χ3v) is 8.39. The van der Waals surface area contributed by atoms with E-state index in [0.29, 0.717) is 12.8 Å². The number of amides is 1. The smallest absolute Gasteiger partial charge is 0.332 e. The van der Waals surface area contributed by atoms with Crippen LogP contribution in [0, 0.1) is 0 Å². The van der Waals surface area contributed by atoms with Gasteiger partial charge in [-0.05, 0) is 12.8 Å². The Morgan fingerprint density at radius 2 is 0.778 bits per heavy atom. The molecule has 6 N–H and O–H groups in total. The number of aliphatic hydroxyl groups excluding tert-OH is 1. The molecule has 0 aromatic rings. The van der Waals surface area contributed by atoms with Crippen LogP contribution in [0.3, 0.4) is 0 Å². The predicted molar refractivity (Wildman–Crippen MR) is 191 cm³/mol. The van der Waals surface area contributed by atoms with Gasteiger partial charge in [-0.2, -0.15) is 0 Å². The molecule has 0 aliphatic carbocycles. The Morgan fingerprint density at radius 3 is 1.02 bits per heavy atom. The number of carboxylic acid groups (broad SMARTS) is 1. The summed E-state index contributed by atoms with van der Waals surface area (Å²) >= 11 is 0. The van der Waals surface area contributed by atoms with Crippen molar-refractivity contribution in [1.29, 1.82) is 0 Å². The normalized spacial score (nSPS) is 11.7. The molecule has 1 atom stereocenters. The number of aliphatic carboxylic acids is 1. The van der Waals surface area contributed by atoms with Crippen molar-refractivity contribution in [2.45, 2.75) is 218 Å². The molecule has 0 aromatic heterocycles. The highest BCUT2D eigenvalue weighted by Crippen LogP contribution is 2.16. The highest BCUT2D eigenvalue weighted by Gasteiger charge is 2.29. The van der Waals surface area contributed by atoms with Gasteiger partial charge in [0.1, 0.15) is 0 Å². The zero-order valence-electron chi connectivity index (χ0n) is 29.9. The number of unbranched alkanes of at least 4 members (excludes halogenated alkanes) is 26. The van der Waals surface area contributed by atoms with Gasteiger partial charge in [0.2, 0.25) is 5.79 Å². The lowest BCUT2D eigenvalue weighted by Gasteiger charge is -2.16. The van der Waals surface area contributed by atoms with Crippen molar-refractivity contribution in [3.63, 3.8) is 0 Å². The maximum atomic E-state index is 10.7. The fourth-order valence-electron chi connectivity index (χ4n) is 5.34. The van der Waals surface area contributed by atoms with Gasteiger partial charge < -0.3 is 26.2 Å². The molecule has 1 unspecified atom stereocenters. The zero-order chi connectivity index (χ0) is 34.4. The van der Waals surface area contributed by atoms with Gasteiger partial charge in [0.15, 0.2) is 6.10 Å². The highest BCUT2D eigenvalue weighted by molar-refractivity contribution is 5.81. The van der Waals surface area contributed by atoms with Crippen molar-refractivity contribution in [2.24, 2.45) is 5.73 Å². The molecule has 1 amide bonds. The molecule has 7 heteroatoms. The van der Waals surface area contributed by atoms with E-state index < -0.39 is 23.8 Å². The van der Waals surface area contributed by atoms with Crippen LogP contribution in [-0.2, 0) is 9.59 Å². The van der Waals surface area contributed by atoms with Gasteiger partial charge in [-0.15, -0.1) is 13.2 Å². The number of rotatable bonds is 32. The second kappa shape index (κ2) is 38.7. The van der Waals surface area contributed by atoms with Crippen molar-refractivity contribution >= 4 is 11.9 Å². The summed E-state index contributed by atoms with van der Waals surface area (Å²) in [6, 6.07) is 0. The summed E-state index contributed by atoms with van der Waals surface area (Å²) in [5, 5.41) is 36.2. The molecule has 0 aliphatic rings. The number of hydrogen-bond acceptors (Lipinski definition) is 5. The van der Waals surface area contributed by atoms with Gasteiger partial charge in [-0.1, -0.05) is 187 Å². The van der Waals surface area contributed by atoms with Crippen LogP contribution in [0.15, 0.2) is 13.2 Å². The first-order valence-corrected chi connectivity index (χ1v) is 18.8. The fraction of sp³-hybridized carbons (Fsp3) is 0.895. The lowest BCUT2D eigenvalue weighted by Crippen LogP contribution is -2.43. The number of carboxylic acids is 1. The summed E-state index contributed by atoms with van der Waals surface area (Å²) in [4.78, 5) is 21.1. The highest BCUT2D eigenvalue weighted by atomic mass is 16.5. The van der Waals surface area contributed by atoms with E-state index in [0.717, 1.165) is 25.7 Å². The summed E-state index contributed by atoms with van der Waals surface area (Å²) in [7, 11) is 0. The van der Waals surface area contributed by atoms with Gasteiger partial charge in [0.25, 0.3) is 5.91 Å². The van der Waals surface area contributed by atoms with Crippen molar-refractivity contribution < 1.29 is 30.0 Å².